The number of allylic oxidation sites excluding steroid dienone is 2. The number of Topliss-reactive ketones (excluding diaryl/α,β-unsaturated/α-hetero) is 1. The minimum Gasteiger partial charge on any atom is -0.498 e. The molecular weight excluding hydrogens is 244 g/mol. The third kappa shape index (κ3) is 5.45. The lowest BCUT2D eigenvalue weighted by Crippen LogP contribution is -2.04. The first-order valence-corrected chi connectivity index (χ1v) is 7.22. The Hall–Kier alpha value is -1.32. The standard InChI is InChI=1S/C15H24O4/c1-3-11-19-14-10-9-13(16)12(14)7-5-6-8-15(17)18-4-2/h3-11H2,1-2H3. The smallest absolute Gasteiger partial charge is 0.305 e. The molecule has 0 aromatic carbocycles. The summed E-state index contributed by atoms with van der Waals surface area (Å²) in [6.07, 6.45) is 5.01. The predicted molar refractivity (Wildman–Crippen MR) is 72.6 cm³/mol. The Bertz CT molecular complexity index is 344. The Morgan fingerprint density at radius 2 is 2.00 bits per heavy atom. The van der Waals surface area contributed by atoms with Gasteiger partial charge in [0.1, 0.15) is 5.76 Å². The van der Waals surface area contributed by atoms with Gasteiger partial charge in [0.2, 0.25) is 0 Å². The second-order valence-corrected chi connectivity index (χ2v) is 4.69. The molecule has 0 unspecified atom stereocenters. The van der Waals surface area contributed by atoms with Crippen molar-refractivity contribution in [3.63, 3.8) is 0 Å². The first kappa shape index (κ1) is 15.7. The number of ether oxygens (including phenoxy) is 2. The summed E-state index contributed by atoms with van der Waals surface area (Å²) in [5.74, 6) is 0.932. The van der Waals surface area contributed by atoms with E-state index >= 15 is 0 Å². The molecule has 4 nitrogen and oxygen atoms in total. The maximum absolute atomic E-state index is 11.7. The minimum atomic E-state index is -0.156. The van der Waals surface area contributed by atoms with Crippen LogP contribution in [0.15, 0.2) is 11.3 Å². The number of esters is 1. The van der Waals surface area contributed by atoms with Gasteiger partial charge in [0, 0.05) is 24.8 Å². The summed E-state index contributed by atoms with van der Waals surface area (Å²) in [5.41, 5.74) is 0.845. The van der Waals surface area contributed by atoms with E-state index < -0.39 is 0 Å². The maximum Gasteiger partial charge on any atom is 0.305 e. The number of unbranched alkanes of at least 4 members (excludes halogenated alkanes) is 1. The average molecular weight is 268 g/mol. The first-order valence-electron chi connectivity index (χ1n) is 7.22. The fourth-order valence-electron chi connectivity index (χ4n) is 2.15. The molecular formula is C15H24O4. The van der Waals surface area contributed by atoms with Gasteiger partial charge in [0.25, 0.3) is 0 Å². The summed E-state index contributed by atoms with van der Waals surface area (Å²) in [6.45, 7) is 4.96. The van der Waals surface area contributed by atoms with Crippen LogP contribution in [-0.4, -0.2) is 25.0 Å². The third-order valence-corrected chi connectivity index (χ3v) is 3.10. The van der Waals surface area contributed by atoms with Crippen LogP contribution < -0.4 is 0 Å². The molecule has 1 aliphatic rings. The van der Waals surface area contributed by atoms with Crippen LogP contribution in [0, 0.1) is 0 Å². The maximum atomic E-state index is 11.7. The first-order chi connectivity index (χ1) is 9.19. The summed E-state index contributed by atoms with van der Waals surface area (Å²) in [7, 11) is 0. The van der Waals surface area contributed by atoms with E-state index in [1.165, 1.54) is 0 Å². The molecule has 4 heteroatoms. The summed E-state index contributed by atoms with van der Waals surface area (Å²) in [6, 6.07) is 0. The van der Waals surface area contributed by atoms with Gasteiger partial charge in [-0.05, 0) is 32.6 Å². The second-order valence-electron chi connectivity index (χ2n) is 4.69. The molecule has 0 aliphatic heterocycles. The van der Waals surface area contributed by atoms with Crippen LogP contribution in [-0.2, 0) is 19.1 Å². The monoisotopic (exact) mass is 268 g/mol. The largest absolute Gasteiger partial charge is 0.498 e. The Morgan fingerprint density at radius 1 is 1.21 bits per heavy atom. The molecule has 0 radical (unpaired) electrons. The minimum absolute atomic E-state index is 0.156. The predicted octanol–water partition coefficient (Wildman–Crippen LogP) is 3.15. The summed E-state index contributed by atoms with van der Waals surface area (Å²) >= 11 is 0. The van der Waals surface area contributed by atoms with Crippen LogP contribution in [0.1, 0.15) is 58.8 Å². The van der Waals surface area contributed by atoms with Gasteiger partial charge < -0.3 is 9.47 Å². The topological polar surface area (TPSA) is 52.6 Å². The Balaban J connectivity index is 2.32. The fourth-order valence-corrected chi connectivity index (χ4v) is 2.15. The molecule has 0 amide bonds. The molecule has 0 atom stereocenters. The third-order valence-electron chi connectivity index (χ3n) is 3.10. The van der Waals surface area contributed by atoms with E-state index in [1.807, 2.05) is 0 Å². The zero-order valence-corrected chi connectivity index (χ0v) is 12.0. The van der Waals surface area contributed by atoms with Gasteiger partial charge in [-0.2, -0.15) is 0 Å². The highest BCUT2D eigenvalue weighted by Crippen LogP contribution is 2.28. The molecule has 19 heavy (non-hydrogen) atoms. The van der Waals surface area contributed by atoms with Gasteiger partial charge >= 0.3 is 5.97 Å². The molecule has 0 saturated carbocycles. The van der Waals surface area contributed by atoms with Crippen molar-refractivity contribution in [3.05, 3.63) is 11.3 Å². The molecule has 0 saturated heterocycles. The van der Waals surface area contributed by atoms with Gasteiger partial charge in [0.05, 0.1) is 13.2 Å². The summed E-state index contributed by atoms with van der Waals surface area (Å²) in [5, 5.41) is 0. The van der Waals surface area contributed by atoms with Crippen LogP contribution in [0.4, 0.5) is 0 Å². The van der Waals surface area contributed by atoms with Gasteiger partial charge in [0.15, 0.2) is 5.78 Å². The van der Waals surface area contributed by atoms with Crippen LogP contribution in [0.25, 0.3) is 0 Å². The lowest BCUT2D eigenvalue weighted by Gasteiger charge is -2.08. The molecule has 108 valence electrons. The molecule has 1 rings (SSSR count). The van der Waals surface area contributed by atoms with Crippen LogP contribution in [0.3, 0.4) is 0 Å². The Kier molecular flexibility index (Phi) is 7.23. The van der Waals surface area contributed by atoms with E-state index in [0.29, 0.717) is 26.1 Å². The lowest BCUT2D eigenvalue weighted by atomic mass is 10.1. The van der Waals surface area contributed by atoms with E-state index in [2.05, 4.69) is 6.92 Å². The second kappa shape index (κ2) is 8.73. The normalized spacial score (nSPS) is 14.9. The van der Waals surface area contributed by atoms with Gasteiger partial charge in [-0.3, -0.25) is 9.59 Å². The fraction of sp³-hybridized carbons (Fsp3) is 0.733. The number of rotatable bonds is 9. The SMILES string of the molecule is CCCOC1=C(CCCCC(=O)OCC)C(=O)CC1. The zero-order valence-electron chi connectivity index (χ0n) is 12.0. The van der Waals surface area contributed by atoms with E-state index in [-0.39, 0.29) is 11.8 Å². The molecule has 0 fully saturated rings. The van der Waals surface area contributed by atoms with E-state index in [1.54, 1.807) is 6.92 Å². The number of carbonyl (C=O) groups is 2. The molecule has 0 aromatic heterocycles. The number of hydrogen-bond donors (Lipinski definition) is 0. The lowest BCUT2D eigenvalue weighted by molar-refractivity contribution is -0.143. The van der Waals surface area contributed by atoms with Gasteiger partial charge in [-0.1, -0.05) is 6.92 Å². The molecule has 0 aromatic rings. The van der Waals surface area contributed by atoms with Gasteiger partial charge in [-0.25, -0.2) is 0 Å². The molecule has 0 spiro atoms. The van der Waals surface area contributed by atoms with E-state index in [9.17, 15) is 9.59 Å². The molecule has 0 bridgehead atoms. The average Bonchev–Trinajstić information content (AvgIpc) is 2.73. The highest BCUT2D eigenvalue weighted by atomic mass is 16.5. The van der Waals surface area contributed by atoms with Crippen molar-refractivity contribution < 1.29 is 19.1 Å². The van der Waals surface area contributed by atoms with Crippen molar-refractivity contribution in [3.8, 4) is 0 Å². The number of hydrogen-bond acceptors (Lipinski definition) is 4. The summed E-state index contributed by atoms with van der Waals surface area (Å²) in [4.78, 5) is 22.9. The number of carbonyl (C=O) groups excluding carboxylic acids is 2. The quantitative estimate of drug-likeness (QED) is 0.476. The van der Waals surface area contributed by atoms with Crippen molar-refractivity contribution >= 4 is 11.8 Å². The van der Waals surface area contributed by atoms with Crippen molar-refractivity contribution in [2.45, 2.75) is 58.8 Å². The highest BCUT2D eigenvalue weighted by Gasteiger charge is 2.23. The molecule has 0 N–H and O–H groups in total. The van der Waals surface area contributed by atoms with Crippen LogP contribution in [0.2, 0.25) is 0 Å². The van der Waals surface area contributed by atoms with Crippen LogP contribution >= 0.6 is 0 Å². The number of ketones is 1. The van der Waals surface area contributed by atoms with Crippen molar-refractivity contribution in [2.75, 3.05) is 13.2 Å². The van der Waals surface area contributed by atoms with E-state index in [0.717, 1.165) is 43.4 Å². The Morgan fingerprint density at radius 3 is 2.68 bits per heavy atom. The van der Waals surface area contributed by atoms with Crippen molar-refractivity contribution in [2.24, 2.45) is 0 Å². The molecule has 1 aliphatic carbocycles. The van der Waals surface area contributed by atoms with E-state index in [4.69, 9.17) is 9.47 Å². The van der Waals surface area contributed by atoms with Crippen LogP contribution in [0.5, 0.6) is 0 Å². The zero-order chi connectivity index (χ0) is 14.1. The van der Waals surface area contributed by atoms with Gasteiger partial charge in [-0.15, -0.1) is 0 Å². The Labute approximate surface area is 115 Å². The highest BCUT2D eigenvalue weighted by molar-refractivity contribution is 5.98. The van der Waals surface area contributed by atoms with Crippen molar-refractivity contribution in [1.82, 2.24) is 0 Å². The van der Waals surface area contributed by atoms with Crippen molar-refractivity contribution in [1.29, 1.82) is 0 Å². The molecule has 0 heterocycles. The summed E-state index contributed by atoms with van der Waals surface area (Å²) < 4.78 is 10.5.